The van der Waals surface area contributed by atoms with Gasteiger partial charge in [-0.1, -0.05) is 50.3 Å². The van der Waals surface area contributed by atoms with Gasteiger partial charge >= 0.3 is 11.9 Å². The summed E-state index contributed by atoms with van der Waals surface area (Å²) >= 11 is 0. The molecule has 178 valence electrons. The van der Waals surface area contributed by atoms with E-state index in [0.29, 0.717) is 39.7 Å². The van der Waals surface area contributed by atoms with Gasteiger partial charge in [0, 0.05) is 23.3 Å². The molecule has 0 bridgehead atoms. The second kappa shape index (κ2) is 12.3. The second-order valence-corrected chi connectivity index (χ2v) is 6.97. The molecule has 0 aliphatic heterocycles. The highest BCUT2D eigenvalue weighted by Crippen LogP contribution is 2.40. The molecule has 0 unspecified atom stereocenters. The minimum atomic E-state index is -0.551. The van der Waals surface area contributed by atoms with Crippen molar-refractivity contribution in [1.82, 2.24) is 0 Å². The number of carbonyl (C=O) groups is 2. The maximum absolute atomic E-state index is 11.4. The Balaban J connectivity index is 1.96. The van der Waals surface area contributed by atoms with Crippen LogP contribution in [0.1, 0.15) is 11.1 Å². The molecule has 0 aliphatic rings. The first kappa shape index (κ1) is 25.3. The van der Waals surface area contributed by atoms with Crippen LogP contribution in [0.5, 0.6) is 23.0 Å². The summed E-state index contributed by atoms with van der Waals surface area (Å²) in [5.74, 6) is 6.71. The summed E-state index contributed by atoms with van der Waals surface area (Å²) in [6.45, 7) is 14.1. The van der Waals surface area contributed by atoms with Crippen LogP contribution in [0.4, 0.5) is 0 Å². The van der Waals surface area contributed by atoms with Gasteiger partial charge in [-0.25, -0.2) is 9.59 Å². The fourth-order valence-corrected chi connectivity index (χ4v) is 3.07. The Kier molecular flexibility index (Phi) is 8.63. The van der Waals surface area contributed by atoms with Gasteiger partial charge in [0.2, 0.25) is 0 Å². The van der Waals surface area contributed by atoms with E-state index in [1.165, 1.54) is 12.5 Å². The van der Waals surface area contributed by atoms with Gasteiger partial charge in [-0.05, 0) is 54.1 Å². The Morgan fingerprint density at radius 1 is 0.639 bits per heavy atom. The Hall–Kier alpha value is -5.28. The van der Waals surface area contributed by atoms with Crippen molar-refractivity contribution in [1.29, 1.82) is 0 Å². The number of benzene rings is 3. The van der Waals surface area contributed by atoms with Crippen molar-refractivity contribution in [3.63, 3.8) is 0 Å². The zero-order chi connectivity index (χ0) is 25.9. The number of ether oxygens (including phenoxy) is 4. The van der Waals surface area contributed by atoms with Crippen molar-refractivity contribution in [2.75, 3.05) is 0 Å². The van der Waals surface area contributed by atoms with Crippen LogP contribution in [-0.2, 0) is 9.59 Å². The molecule has 0 saturated carbocycles. The summed E-state index contributed by atoms with van der Waals surface area (Å²) in [5, 5.41) is 0. The fourth-order valence-electron chi connectivity index (χ4n) is 3.07. The van der Waals surface area contributed by atoms with Crippen LogP contribution in [0.15, 0.2) is 112 Å². The highest BCUT2D eigenvalue weighted by Gasteiger charge is 2.16. The van der Waals surface area contributed by atoms with Crippen LogP contribution in [-0.4, -0.2) is 11.9 Å². The van der Waals surface area contributed by atoms with Gasteiger partial charge in [-0.3, -0.25) is 0 Å². The number of hydrogen-bond acceptors (Lipinski definition) is 6. The molecule has 3 aromatic carbocycles. The minimum Gasteiger partial charge on any atom is -0.465 e. The lowest BCUT2D eigenvalue weighted by Crippen LogP contribution is -2.02. The average Bonchev–Trinajstić information content (AvgIpc) is 2.89. The molecule has 0 heterocycles. The SMILES string of the molecule is C=COc1cc(C#Cc2ccc(OC(=O)C=C)cc2)cc(OC=C)c1-c1ccc(OC(=O)C=C)cc1. The Morgan fingerprint density at radius 2 is 1.08 bits per heavy atom. The summed E-state index contributed by atoms with van der Waals surface area (Å²) < 4.78 is 21.6. The van der Waals surface area contributed by atoms with Crippen LogP contribution in [0, 0.1) is 11.8 Å². The molecule has 0 spiro atoms. The molecule has 0 atom stereocenters. The summed E-state index contributed by atoms with van der Waals surface area (Å²) in [7, 11) is 0. The van der Waals surface area contributed by atoms with Crippen LogP contribution in [0.3, 0.4) is 0 Å². The van der Waals surface area contributed by atoms with Gasteiger partial charge in [-0.2, -0.15) is 0 Å². The minimum absolute atomic E-state index is 0.369. The molecule has 0 fully saturated rings. The average molecular weight is 479 g/mol. The second-order valence-electron chi connectivity index (χ2n) is 6.97. The van der Waals surface area contributed by atoms with Crippen molar-refractivity contribution in [2.24, 2.45) is 0 Å². The highest BCUT2D eigenvalue weighted by molar-refractivity contribution is 5.84. The van der Waals surface area contributed by atoms with E-state index in [1.54, 1.807) is 60.7 Å². The molecule has 3 rings (SSSR count). The molecule has 0 amide bonds. The van der Waals surface area contributed by atoms with E-state index >= 15 is 0 Å². The molecule has 6 nitrogen and oxygen atoms in total. The van der Waals surface area contributed by atoms with Crippen molar-refractivity contribution in [3.05, 3.63) is 123 Å². The first-order chi connectivity index (χ1) is 17.5. The predicted octanol–water partition coefficient (Wildman–Crippen LogP) is 5.98. The van der Waals surface area contributed by atoms with E-state index < -0.39 is 11.9 Å². The normalized spacial score (nSPS) is 9.56. The number of carbonyl (C=O) groups excluding carboxylic acids is 2. The molecule has 0 N–H and O–H groups in total. The lowest BCUT2D eigenvalue weighted by atomic mass is 10.0. The van der Waals surface area contributed by atoms with Gasteiger partial charge in [0.1, 0.15) is 23.0 Å². The maximum Gasteiger partial charge on any atom is 0.335 e. The van der Waals surface area contributed by atoms with E-state index in [9.17, 15) is 9.59 Å². The van der Waals surface area contributed by atoms with Crippen molar-refractivity contribution in [2.45, 2.75) is 0 Å². The molecule has 6 heteroatoms. The molecule has 0 radical (unpaired) electrons. The molecule has 0 aliphatic carbocycles. The van der Waals surface area contributed by atoms with Gasteiger partial charge in [-0.15, -0.1) is 0 Å². The number of hydrogen-bond donors (Lipinski definition) is 0. The lowest BCUT2D eigenvalue weighted by molar-refractivity contribution is -0.129. The maximum atomic E-state index is 11.4. The summed E-state index contributed by atoms with van der Waals surface area (Å²) in [6, 6.07) is 17.1. The quantitative estimate of drug-likeness (QED) is 0.124. The first-order valence-electron chi connectivity index (χ1n) is 10.6. The van der Waals surface area contributed by atoms with Crippen molar-refractivity contribution in [3.8, 4) is 46.0 Å². The number of rotatable bonds is 9. The van der Waals surface area contributed by atoms with E-state index in [2.05, 4.69) is 38.2 Å². The van der Waals surface area contributed by atoms with Crippen molar-refractivity contribution >= 4 is 11.9 Å². The standard InChI is InChI=1S/C30H22O6/c1-5-28(31)35-24-15-11-21(12-16-24)9-10-22-19-26(33-7-3)30(27(20-22)34-8-4)23-13-17-25(18-14-23)36-29(32)6-2/h5-8,11-20H,1-4H2. The van der Waals surface area contributed by atoms with Crippen LogP contribution < -0.4 is 18.9 Å². The van der Waals surface area contributed by atoms with Crippen LogP contribution in [0.2, 0.25) is 0 Å². The zero-order valence-electron chi connectivity index (χ0n) is 19.4. The van der Waals surface area contributed by atoms with E-state index in [0.717, 1.165) is 17.7 Å². The molecule has 36 heavy (non-hydrogen) atoms. The smallest absolute Gasteiger partial charge is 0.335 e. The Bertz CT molecular complexity index is 1340. The third-order valence-electron chi connectivity index (χ3n) is 4.61. The largest absolute Gasteiger partial charge is 0.465 e. The van der Waals surface area contributed by atoms with Crippen molar-refractivity contribution < 1.29 is 28.5 Å². The van der Waals surface area contributed by atoms with Gasteiger partial charge in [0.05, 0.1) is 18.1 Å². The lowest BCUT2D eigenvalue weighted by Gasteiger charge is -2.15. The van der Waals surface area contributed by atoms with E-state index in [1.807, 2.05) is 0 Å². The van der Waals surface area contributed by atoms with Gasteiger partial charge < -0.3 is 18.9 Å². The Morgan fingerprint density at radius 3 is 1.53 bits per heavy atom. The van der Waals surface area contributed by atoms with Gasteiger partial charge in [0.15, 0.2) is 0 Å². The van der Waals surface area contributed by atoms with E-state index in [4.69, 9.17) is 18.9 Å². The third kappa shape index (κ3) is 6.62. The predicted molar refractivity (Wildman–Crippen MR) is 138 cm³/mol. The van der Waals surface area contributed by atoms with Crippen LogP contribution >= 0.6 is 0 Å². The Labute approximate surface area is 209 Å². The fraction of sp³-hybridized carbons (Fsp3) is 0. The molecule has 0 aromatic heterocycles. The monoisotopic (exact) mass is 478 g/mol. The topological polar surface area (TPSA) is 71.1 Å². The molecule has 3 aromatic rings. The zero-order valence-corrected chi connectivity index (χ0v) is 19.4. The number of esters is 2. The summed E-state index contributed by atoms with van der Waals surface area (Å²) in [4.78, 5) is 22.8. The highest BCUT2D eigenvalue weighted by atomic mass is 16.5. The van der Waals surface area contributed by atoms with E-state index in [-0.39, 0.29) is 0 Å². The molecular formula is C30H22O6. The van der Waals surface area contributed by atoms with Gasteiger partial charge in [0.25, 0.3) is 0 Å². The summed E-state index contributed by atoms with van der Waals surface area (Å²) in [5.41, 5.74) is 2.70. The molecular weight excluding hydrogens is 456 g/mol. The third-order valence-corrected chi connectivity index (χ3v) is 4.61. The first-order valence-corrected chi connectivity index (χ1v) is 10.6. The summed E-state index contributed by atoms with van der Waals surface area (Å²) in [6.07, 6.45) is 4.79. The van der Waals surface area contributed by atoms with Crippen LogP contribution in [0.25, 0.3) is 11.1 Å². The molecule has 0 saturated heterocycles.